The van der Waals surface area contributed by atoms with Crippen molar-refractivity contribution in [2.75, 3.05) is 11.9 Å². The van der Waals surface area contributed by atoms with Gasteiger partial charge in [0.25, 0.3) is 5.91 Å². The van der Waals surface area contributed by atoms with Gasteiger partial charge in [0.1, 0.15) is 5.75 Å². The van der Waals surface area contributed by atoms with Crippen molar-refractivity contribution in [3.63, 3.8) is 0 Å². The van der Waals surface area contributed by atoms with Crippen LogP contribution in [0.25, 0.3) is 0 Å². The first kappa shape index (κ1) is 21.1. The third kappa shape index (κ3) is 5.88. The van der Waals surface area contributed by atoms with Gasteiger partial charge < -0.3 is 15.4 Å². The number of anilines is 1. The highest BCUT2D eigenvalue weighted by atomic mass is 35.5. The summed E-state index contributed by atoms with van der Waals surface area (Å²) in [5.41, 5.74) is 3.84. The number of hydrogen-bond acceptors (Lipinski definition) is 3. The Morgan fingerprint density at radius 2 is 1.67 bits per heavy atom. The van der Waals surface area contributed by atoms with Crippen molar-refractivity contribution < 1.29 is 14.3 Å². The maximum absolute atomic E-state index is 12.2. The molecular weight excluding hydrogens is 387 g/mol. The molecule has 0 aliphatic carbocycles. The molecule has 7 heteroatoms. The smallest absolute Gasteiger partial charge is 0.261 e. The van der Waals surface area contributed by atoms with Crippen molar-refractivity contribution in [2.24, 2.45) is 0 Å². The average Bonchev–Trinajstić information content (AvgIpc) is 2.59. The van der Waals surface area contributed by atoms with Crippen LogP contribution in [0, 0.1) is 20.8 Å². The molecule has 0 heterocycles. The third-order valence-corrected chi connectivity index (χ3v) is 4.68. The number of carbonyl (C=O) groups excluding carboxylic acids is 2. The van der Waals surface area contributed by atoms with Gasteiger partial charge in [-0.1, -0.05) is 40.9 Å². The molecule has 2 N–H and O–H groups in total. The van der Waals surface area contributed by atoms with Crippen molar-refractivity contribution in [3.05, 3.63) is 57.1 Å². The molecule has 0 spiro atoms. The first-order valence-corrected chi connectivity index (χ1v) is 9.20. The second-order valence-electron chi connectivity index (χ2n) is 6.38. The van der Waals surface area contributed by atoms with Gasteiger partial charge in [-0.15, -0.1) is 0 Å². The molecule has 0 saturated carbocycles. The molecule has 0 radical (unpaired) electrons. The maximum Gasteiger partial charge on any atom is 0.261 e. The normalized spacial score (nSPS) is 11.6. The van der Waals surface area contributed by atoms with Gasteiger partial charge in [-0.25, -0.2) is 0 Å². The van der Waals surface area contributed by atoms with Gasteiger partial charge in [-0.2, -0.15) is 0 Å². The Balaban J connectivity index is 1.89. The van der Waals surface area contributed by atoms with Gasteiger partial charge in [0, 0.05) is 11.8 Å². The number of halogens is 2. The Labute approximate surface area is 169 Å². The predicted octanol–water partition coefficient (Wildman–Crippen LogP) is 4.44. The number of aryl methyl sites for hydroxylation is 3. The fraction of sp³-hybridized carbons (Fsp3) is 0.300. The summed E-state index contributed by atoms with van der Waals surface area (Å²) >= 11 is 11.8. The van der Waals surface area contributed by atoms with Crippen LogP contribution in [0.2, 0.25) is 10.0 Å². The highest BCUT2D eigenvalue weighted by Gasteiger charge is 2.17. The van der Waals surface area contributed by atoms with E-state index in [0.29, 0.717) is 15.8 Å². The monoisotopic (exact) mass is 408 g/mol. The highest BCUT2D eigenvalue weighted by molar-refractivity contribution is 6.42. The quantitative estimate of drug-likeness (QED) is 0.741. The minimum absolute atomic E-state index is 0.152. The summed E-state index contributed by atoms with van der Waals surface area (Å²) in [6.07, 6.45) is -0.794. The molecule has 0 aliphatic rings. The third-order valence-electron chi connectivity index (χ3n) is 3.94. The first-order chi connectivity index (χ1) is 12.7. The minimum Gasteiger partial charge on any atom is -0.481 e. The van der Waals surface area contributed by atoms with E-state index in [4.69, 9.17) is 27.9 Å². The molecule has 1 unspecified atom stereocenters. The Kier molecular flexibility index (Phi) is 7.11. The molecule has 2 amide bonds. The summed E-state index contributed by atoms with van der Waals surface area (Å²) in [4.78, 5) is 24.3. The molecule has 0 aliphatic heterocycles. The van der Waals surface area contributed by atoms with Crippen molar-refractivity contribution in [1.82, 2.24) is 5.32 Å². The SMILES string of the molecule is Cc1cc(C)c(NC(=O)CNC(=O)C(C)Oc2ccc(Cl)c(Cl)c2)c(C)c1. The van der Waals surface area contributed by atoms with Gasteiger partial charge in [0.15, 0.2) is 6.10 Å². The number of nitrogens with one attached hydrogen (secondary N) is 2. The zero-order valence-corrected chi connectivity index (χ0v) is 17.2. The number of amides is 2. The zero-order valence-electron chi connectivity index (χ0n) is 15.7. The number of carbonyl (C=O) groups is 2. The summed E-state index contributed by atoms with van der Waals surface area (Å²) in [5, 5.41) is 6.14. The molecular formula is C20H22Cl2N2O3. The van der Waals surface area contributed by atoms with Crippen LogP contribution >= 0.6 is 23.2 Å². The fourth-order valence-corrected chi connectivity index (χ4v) is 2.97. The predicted molar refractivity (Wildman–Crippen MR) is 109 cm³/mol. The van der Waals surface area contributed by atoms with Crippen LogP contribution < -0.4 is 15.4 Å². The maximum atomic E-state index is 12.2. The second-order valence-corrected chi connectivity index (χ2v) is 7.19. The van der Waals surface area contributed by atoms with E-state index in [0.717, 1.165) is 22.4 Å². The minimum atomic E-state index is -0.794. The summed E-state index contributed by atoms with van der Waals surface area (Å²) in [6.45, 7) is 7.30. The van der Waals surface area contributed by atoms with Crippen LogP contribution in [0.15, 0.2) is 30.3 Å². The van der Waals surface area contributed by atoms with Crippen LogP contribution in [0.5, 0.6) is 5.75 Å². The van der Waals surface area contributed by atoms with Crippen molar-refractivity contribution in [3.8, 4) is 5.75 Å². The Hall–Kier alpha value is -2.24. The Morgan fingerprint density at radius 3 is 2.26 bits per heavy atom. The molecule has 27 heavy (non-hydrogen) atoms. The summed E-state index contributed by atoms with van der Waals surface area (Å²) in [7, 11) is 0. The molecule has 2 aromatic carbocycles. The van der Waals surface area contributed by atoms with Gasteiger partial charge in [-0.3, -0.25) is 9.59 Å². The van der Waals surface area contributed by atoms with E-state index in [2.05, 4.69) is 10.6 Å². The van der Waals surface area contributed by atoms with Crippen LogP contribution in [0.3, 0.4) is 0 Å². The Bertz CT molecular complexity index is 845. The summed E-state index contributed by atoms with van der Waals surface area (Å²) in [5.74, 6) is -0.295. The van der Waals surface area contributed by atoms with Gasteiger partial charge >= 0.3 is 0 Å². The molecule has 2 aromatic rings. The summed E-state index contributed by atoms with van der Waals surface area (Å²) < 4.78 is 5.53. The van der Waals surface area contributed by atoms with Crippen LogP contribution in [0.1, 0.15) is 23.6 Å². The highest BCUT2D eigenvalue weighted by Crippen LogP contribution is 2.27. The van der Waals surface area contributed by atoms with Gasteiger partial charge in [-0.05, 0) is 51.0 Å². The van der Waals surface area contributed by atoms with Crippen molar-refractivity contribution in [2.45, 2.75) is 33.8 Å². The molecule has 0 fully saturated rings. The van der Waals surface area contributed by atoms with Crippen molar-refractivity contribution >= 4 is 40.7 Å². The van der Waals surface area contributed by atoms with E-state index in [1.165, 1.54) is 6.07 Å². The number of hydrogen-bond donors (Lipinski definition) is 2. The second kappa shape index (κ2) is 9.11. The largest absolute Gasteiger partial charge is 0.481 e. The number of rotatable bonds is 6. The number of ether oxygens (including phenoxy) is 1. The lowest BCUT2D eigenvalue weighted by Gasteiger charge is -2.16. The van der Waals surface area contributed by atoms with E-state index in [-0.39, 0.29) is 12.5 Å². The van der Waals surface area contributed by atoms with Crippen LogP contribution in [-0.2, 0) is 9.59 Å². The van der Waals surface area contributed by atoms with Crippen LogP contribution in [-0.4, -0.2) is 24.5 Å². The lowest BCUT2D eigenvalue weighted by Crippen LogP contribution is -2.40. The lowest BCUT2D eigenvalue weighted by atomic mass is 10.1. The van der Waals surface area contributed by atoms with E-state index in [1.807, 2.05) is 32.9 Å². The number of benzene rings is 2. The first-order valence-electron chi connectivity index (χ1n) is 8.44. The molecule has 2 rings (SSSR count). The molecule has 1 atom stereocenters. The topological polar surface area (TPSA) is 67.4 Å². The van der Waals surface area contributed by atoms with Gasteiger partial charge in [0.2, 0.25) is 5.91 Å². The molecule has 5 nitrogen and oxygen atoms in total. The molecule has 0 bridgehead atoms. The van der Waals surface area contributed by atoms with Gasteiger partial charge in [0.05, 0.1) is 16.6 Å². The molecule has 0 aromatic heterocycles. The molecule has 0 saturated heterocycles. The van der Waals surface area contributed by atoms with E-state index < -0.39 is 12.0 Å². The lowest BCUT2D eigenvalue weighted by molar-refractivity contribution is -0.129. The van der Waals surface area contributed by atoms with Crippen molar-refractivity contribution in [1.29, 1.82) is 0 Å². The van der Waals surface area contributed by atoms with E-state index in [1.54, 1.807) is 19.1 Å². The van der Waals surface area contributed by atoms with Crippen LogP contribution in [0.4, 0.5) is 5.69 Å². The molecule has 144 valence electrons. The van der Waals surface area contributed by atoms with E-state index >= 15 is 0 Å². The fourth-order valence-electron chi connectivity index (χ4n) is 2.68. The van der Waals surface area contributed by atoms with E-state index in [9.17, 15) is 9.59 Å². The zero-order chi connectivity index (χ0) is 20.1. The summed E-state index contributed by atoms with van der Waals surface area (Å²) in [6, 6.07) is 8.73. The average molecular weight is 409 g/mol. The Morgan fingerprint density at radius 1 is 1.04 bits per heavy atom. The standard InChI is InChI=1S/C20H22Cl2N2O3/c1-11-7-12(2)19(13(3)8-11)24-18(25)10-23-20(26)14(4)27-15-5-6-16(21)17(22)9-15/h5-9,14H,10H2,1-4H3,(H,23,26)(H,24,25).